The largest absolute Gasteiger partial charge is 0.478 e. The van der Waals surface area contributed by atoms with Crippen molar-refractivity contribution >= 4 is 22.9 Å². The van der Waals surface area contributed by atoms with Crippen LogP contribution in [0.2, 0.25) is 0 Å². The molecule has 3 aromatic rings. The predicted octanol–water partition coefficient (Wildman–Crippen LogP) is 2.73. The van der Waals surface area contributed by atoms with Crippen molar-refractivity contribution in [1.29, 1.82) is 0 Å². The fourth-order valence-corrected chi connectivity index (χ4v) is 2.26. The van der Waals surface area contributed by atoms with E-state index in [0.29, 0.717) is 0 Å². The molecule has 0 fully saturated rings. The van der Waals surface area contributed by atoms with Crippen molar-refractivity contribution in [3.63, 3.8) is 0 Å². The van der Waals surface area contributed by atoms with E-state index in [-0.39, 0.29) is 0 Å². The number of aryl methyl sites for hydroxylation is 1. The van der Waals surface area contributed by atoms with Gasteiger partial charge in [-0.3, -0.25) is 9.67 Å². The smallest absolute Gasteiger partial charge is 0.328 e. The molecule has 0 aliphatic carbocycles. The number of fused-ring (bicyclic) bond motifs is 1. The SMILES string of the molecule is Cn1ncc2ccc(-c3cnccc3C=CC(=O)O)cc21. The van der Waals surface area contributed by atoms with Crippen LogP contribution in [0.1, 0.15) is 5.56 Å². The minimum atomic E-state index is -0.972. The van der Waals surface area contributed by atoms with Crippen LogP contribution in [-0.4, -0.2) is 25.8 Å². The van der Waals surface area contributed by atoms with Gasteiger partial charge in [0.2, 0.25) is 0 Å². The summed E-state index contributed by atoms with van der Waals surface area (Å²) in [6.07, 6.45) is 7.90. The van der Waals surface area contributed by atoms with E-state index < -0.39 is 5.97 Å². The number of aromatic nitrogens is 3. The molecule has 2 heterocycles. The molecule has 5 nitrogen and oxygen atoms in total. The van der Waals surface area contributed by atoms with Crippen LogP contribution in [0.3, 0.4) is 0 Å². The van der Waals surface area contributed by atoms with Crippen LogP contribution < -0.4 is 0 Å². The van der Waals surface area contributed by atoms with Crippen LogP contribution in [0.5, 0.6) is 0 Å². The zero-order valence-corrected chi connectivity index (χ0v) is 11.4. The van der Waals surface area contributed by atoms with Crippen molar-refractivity contribution in [2.24, 2.45) is 7.05 Å². The highest BCUT2D eigenvalue weighted by atomic mass is 16.4. The fraction of sp³-hybridized carbons (Fsp3) is 0.0625. The minimum absolute atomic E-state index is 0.814. The molecule has 0 amide bonds. The Bertz CT molecular complexity index is 850. The summed E-state index contributed by atoms with van der Waals surface area (Å²) in [7, 11) is 1.89. The standard InChI is InChI=1S/C16H13N3O2/c1-19-15-8-12(2-3-13(15)9-18-19)14-10-17-7-6-11(14)4-5-16(20)21/h2-10H,1H3,(H,20,21). The summed E-state index contributed by atoms with van der Waals surface area (Å²) in [6, 6.07) is 7.80. The van der Waals surface area contributed by atoms with Crippen LogP contribution >= 0.6 is 0 Å². The summed E-state index contributed by atoms with van der Waals surface area (Å²) in [5.41, 5.74) is 3.70. The summed E-state index contributed by atoms with van der Waals surface area (Å²) in [5.74, 6) is -0.972. The molecule has 0 atom stereocenters. The second-order valence-corrected chi connectivity index (χ2v) is 4.68. The summed E-state index contributed by atoms with van der Waals surface area (Å²) in [5, 5.41) is 14.1. The van der Waals surface area contributed by atoms with Crippen molar-refractivity contribution in [3.8, 4) is 11.1 Å². The Morgan fingerprint density at radius 1 is 1.29 bits per heavy atom. The number of hydrogen-bond acceptors (Lipinski definition) is 3. The highest BCUT2D eigenvalue weighted by Crippen LogP contribution is 2.27. The van der Waals surface area contributed by atoms with Gasteiger partial charge in [0.25, 0.3) is 0 Å². The normalized spacial score (nSPS) is 11.3. The zero-order chi connectivity index (χ0) is 14.8. The van der Waals surface area contributed by atoms with Crippen molar-refractivity contribution in [2.45, 2.75) is 0 Å². The predicted molar refractivity (Wildman–Crippen MR) is 80.6 cm³/mol. The van der Waals surface area contributed by atoms with Crippen molar-refractivity contribution < 1.29 is 9.90 Å². The van der Waals surface area contributed by atoms with E-state index in [2.05, 4.69) is 10.1 Å². The number of nitrogens with zero attached hydrogens (tertiary/aromatic N) is 3. The molecule has 0 saturated heterocycles. The molecular weight excluding hydrogens is 266 g/mol. The monoisotopic (exact) mass is 279 g/mol. The summed E-state index contributed by atoms with van der Waals surface area (Å²) in [6.45, 7) is 0. The van der Waals surface area contributed by atoms with Gasteiger partial charge in [-0.25, -0.2) is 4.79 Å². The first-order valence-corrected chi connectivity index (χ1v) is 6.42. The van der Waals surface area contributed by atoms with Gasteiger partial charge in [-0.1, -0.05) is 12.1 Å². The van der Waals surface area contributed by atoms with Crippen molar-refractivity contribution in [2.75, 3.05) is 0 Å². The van der Waals surface area contributed by atoms with Gasteiger partial charge in [-0.2, -0.15) is 5.10 Å². The van der Waals surface area contributed by atoms with Gasteiger partial charge >= 0.3 is 5.97 Å². The third-order valence-electron chi connectivity index (χ3n) is 3.32. The number of rotatable bonds is 3. The van der Waals surface area contributed by atoms with E-state index >= 15 is 0 Å². The quantitative estimate of drug-likeness (QED) is 0.748. The second kappa shape index (κ2) is 5.20. The van der Waals surface area contributed by atoms with Gasteiger partial charge < -0.3 is 5.11 Å². The van der Waals surface area contributed by atoms with Crippen molar-refractivity contribution in [3.05, 3.63) is 54.5 Å². The summed E-state index contributed by atoms with van der Waals surface area (Å²) < 4.78 is 1.81. The molecule has 0 bridgehead atoms. The number of carboxylic acids is 1. The second-order valence-electron chi connectivity index (χ2n) is 4.68. The van der Waals surface area contributed by atoms with Crippen LogP contribution in [0, 0.1) is 0 Å². The topological polar surface area (TPSA) is 68.0 Å². The van der Waals surface area contributed by atoms with Crippen molar-refractivity contribution in [1.82, 2.24) is 14.8 Å². The number of aliphatic carboxylic acids is 1. The van der Waals surface area contributed by atoms with E-state index in [9.17, 15) is 4.79 Å². The van der Waals surface area contributed by atoms with Gasteiger partial charge in [-0.15, -0.1) is 0 Å². The first kappa shape index (κ1) is 13.1. The molecule has 0 unspecified atom stereocenters. The lowest BCUT2D eigenvalue weighted by molar-refractivity contribution is -0.131. The number of carboxylic acid groups (broad SMARTS) is 1. The van der Waals surface area contributed by atoms with E-state index in [1.807, 2.05) is 36.1 Å². The summed E-state index contributed by atoms with van der Waals surface area (Å²) >= 11 is 0. The van der Waals surface area contributed by atoms with Crippen LogP contribution in [0.15, 0.2) is 48.9 Å². The molecule has 0 spiro atoms. The lowest BCUT2D eigenvalue weighted by atomic mass is 10.0. The van der Waals surface area contributed by atoms with Gasteiger partial charge in [-0.05, 0) is 29.3 Å². The van der Waals surface area contributed by atoms with E-state index in [1.54, 1.807) is 24.5 Å². The first-order chi connectivity index (χ1) is 10.1. The Morgan fingerprint density at radius 3 is 2.95 bits per heavy atom. The maximum atomic E-state index is 10.7. The van der Waals surface area contributed by atoms with Crippen LogP contribution in [0.4, 0.5) is 0 Å². The lowest BCUT2D eigenvalue weighted by Gasteiger charge is -2.06. The van der Waals surface area contributed by atoms with Gasteiger partial charge in [0, 0.05) is 36.5 Å². The molecule has 1 aromatic carbocycles. The Balaban J connectivity index is 2.13. The lowest BCUT2D eigenvalue weighted by Crippen LogP contribution is -1.91. The number of carbonyl (C=O) groups is 1. The minimum Gasteiger partial charge on any atom is -0.478 e. The Morgan fingerprint density at radius 2 is 2.14 bits per heavy atom. The molecule has 1 N–H and O–H groups in total. The van der Waals surface area contributed by atoms with E-state index in [0.717, 1.165) is 33.7 Å². The first-order valence-electron chi connectivity index (χ1n) is 6.42. The maximum absolute atomic E-state index is 10.7. The van der Waals surface area contributed by atoms with E-state index in [1.165, 1.54) is 0 Å². The molecule has 0 radical (unpaired) electrons. The van der Waals surface area contributed by atoms with Gasteiger partial charge in [0.1, 0.15) is 0 Å². The Labute approximate surface area is 121 Å². The van der Waals surface area contributed by atoms with Gasteiger partial charge in [0.05, 0.1) is 11.7 Å². The highest BCUT2D eigenvalue weighted by Gasteiger charge is 2.06. The molecule has 104 valence electrons. The third kappa shape index (κ3) is 2.53. The highest BCUT2D eigenvalue weighted by molar-refractivity contribution is 5.89. The average molecular weight is 279 g/mol. The van der Waals surface area contributed by atoms with Crippen LogP contribution in [0.25, 0.3) is 28.1 Å². The third-order valence-corrected chi connectivity index (χ3v) is 3.32. The van der Waals surface area contributed by atoms with E-state index in [4.69, 9.17) is 5.11 Å². The van der Waals surface area contributed by atoms with Gasteiger partial charge in [0.15, 0.2) is 0 Å². The molecule has 21 heavy (non-hydrogen) atoms. The molecule has 0 aliphatic rings. The Hall–Kier alpha value is -2.95. The summed E-state index contributed by atoms with van der Waals surface area (Å²) in [4.78, 5) is 14.8. The fourth-order valence-electron chi connectivity index (χ4n) is 2.26. The zero-order valence-electron chi connectivity index (χ0n) is 11.4. The Kier molecular flexibility index (Phi) is 3.23. The number of pyridine rings is 1. The number of benzene rings is 1. The molecule has 0 saturated carbocycles. The molecule has 3 rings (SSSR count). The molecule has 5 heteroatoms. The molecule has 0 aliphatic heterocycles. The van der Waals surface area contributed by atoms with Crippen LogP contribution in [-0.2, 0) is 11.8 Å². The average Bonchev–Trinajstić information content (AvgIpc) is 2.86. The number of hydrogen-bond donors (Lipinski definition) is 1. The molecule has 2 aromatic heterocycles. The maximum Gasteiger partial charge on any atom is 0.328 e. The molecular formula is C16H13N3O2.